The van der Waals surface area contributed by atoms with Crippen LogP contribution in [0.4, 0.5) is 0 Å². The van der Waals surface area contributed by atoms with Crippen LogP contribution in [0.1, 0.15) is 19.8 Å². The molecule has 2 heterocycles. The van der Waals surface area contributed by atoms with E-state index in [-0.39, 0.29) is 12.0 Å². The average Bonchev–Trinajstić information content (AvgIpc) is 2.69. The Kier molecular flexibility index (Phi) is 4.01. The molecule has 2 saturated heterocycles. The first-order valence-electron chi connectivity index (χ1n) is 6.21. The molecule has 0 aromatic heterocycles. The molecule has 5 nitrogen and oxygen atoms in total. The van der Waals surface area contributed by atoms with Crippen molar-refractivity contribution in [3.05, 3.63) is 0 Å². The molecule has 0 spiro atoms. The van der Waals surface area contributed by atoms with E-state index in [1.54, 1.807) is 0 Å². The lowest BCUT2D eigenvalue weighted by molar-refractivity contribution is -0.157. The van der Waals surface area contributed by atoms with Gasteiger partial charge in [0.25, 0.3) is 0 Å². The molecule has 0 aromatic rings. The Hall–Kier alpha value is -0.650. The third kappa shape index (κ3) is 2.78. The van der Waals surface area contributed by atoms with Gasteiger partial charge in [-0.25, -0.2) is 0 Å². The van der Waals surface area contributed by atoms with Crippen molar-refractivity contribution in [2.24, 2.45) is 17.1 Å². The maximum atomic E-state index is 12.0. The molecule has 2 aliphatic rings. The van der Waals surface area contributed by atoms with Gasteiger partial charge in [-0.2, -0.15) is 0 Å². The highest BCUT2D eigenvalue weighted by molar-refractivity contribution is 5.78. The summed E-state index contributed by atoms with van der Waals surface area (Å²) in [6.07, 6.45) is 1.93. The van der Waals surface area contributed by atoms with Crippen molar-refractivity contribution in [2.45, 2.75) is 25.8 Å². The van der Waals surface area contributed by atoms with Gasteiger partial charge in [0.15, 0.2) is 0 Å². The Balaban J connectivity index is 1.80. The number of carbonyl (C=O) groups excluding carboxylic acids is 1. The monoisotopic (exact) mass is 243 g/mol. The van der Waals surface area contributed by atoms with Crippen molar-refractivity contribution in [3.8, 4) is 0 Å². The van der Waals surface area contributed by atoms with Crippen LogP contribution in [-0.4, -0.2) is 45.0 Å². The van der Waals surface area contributed by atoms with Crippen LogP contribution in [0.3, 0.4) is 0 Å². The first-order valence-corrected chi connectivity index (χ1v) is 6.21. The number of rotatable bonds is 3. The molecule has 0 amide bonds. The predicted octanol–water partition coefficient (Wildman–Crippen LogP) is 0.320. The summed E-state index contributed by atoms with van der Waals surface area (Å²) in [7, 11) is 0. The van der Waals surface area contributed by atoms with Gasteiger partial charge in [0.1, 0.15) is 5.41 Å². The zero-order valence-electron chi connectivity index (χ0n) is 10.3. The molecule has 2 atom stereocenters. The standard InChI is InChI=1S/C12H21NO4/c1-12(8-16-7-10(12)13)11(14)17-6-9-2-4-15-5-3-9/h9-10H,2-8,13H2,1H3. The van der Waals surface area contributed by atoms with Crippen LogP contribution in [0.5, 0.6) is 0 Å². The van der Waals surface area contributed by atoms with Crippen LogP contribution >= 0.6 is 0 Å². The molecule has 0 aromatic carbocycles. The van der Waals surface area contributed by atoms with Crippen LogP contribution in [-0.2, 0) is 19.0 Å². The lowest BCUT2D eigenvalue weighted by atomic mass is 9.86. The molecule has 17 heavy (non-hydrogen) atoms. The zero-order valence-corrected chi connectivity index (χ0v) is 10.3. The summed E-state index contributed by atoms with van der Waals surface area (Å²) >= 11 is 0. The van der Waals surface area contributed by atoms with Gasteiger partial charge in [-0.1, -0.05) is 0 Å². The van der Waals surface area contributed by atoms with E-state index in [0.29, 0.717) is 25.7 Å². The second-order valence-electron chi connectivity index (χ2n) is 5.19. The van der Waals surface area contributed by atoms with E-state index >= 15 is 0 Å². The molecule has 2 rings (SSSR count). The van der Waals surface area contributed by atoms with Crippen LogP contribution in [0.15, 0.2) is 0 Å². The van der Waals surface area contributed by atoms with E-state index in [0.717, 1.165) is 26.1 Å². The van der Waals surface area contributed by atoms with E-state index in [1.165, 1.54) is 0 Å². The quantitative estimate of drug-likeness (QED) is 0.723. The highest BCUT2D eigenvalue weighted by Crippen LogP contribution is 2.29. The predicted molar refractivity (Wildman–Crippen MR) is 61.4 cm³/mol. The molecule has 0 bridgehead atoms. The summed E-state index contributed by atoms with van der Waals surface area (Å²) in [6.45, 7) is 4.62. The van der Waals surface area contributed by atoms with Gasteiger partial charge < -0.3 is 19.9 Å². The second kappa shape index (κ2) is 5.33. The lowest BCUT2D eigenvalue weighted by Crippen LogP contribution is -2.45. The first-order chi connectivity index (χ1) is 8.13. The van der Waals surface area contributed by atoms with E-state index in [4.69, 9.17) is 19.9 Å². The summed E-state index contributed by atoms with van der Waals surface area (Å²) in [4.78, 5) is 12.0. The molecular weight excluding hydrogens is 222 g/mol. The topological polar surface area (TPSA) is 70.8 Å². The maximum Gasteiger partial charge on any atom is 0.315 e. The normalized spacial score (nSPS) is 34.8. The van der Waals surface area contributed by atoms with Crippen molar-refractivity contribution in [2.75, 3.05) is 33.0 Å². The molecule has 0 radical (unpaired) electrons. The Morgan fingerprint density at radius 2 is 2.12 bits per heavy atom. The fourth-order valence-corrected chi connectivity index (χ4v) is 2.17. The summed E-state index contributed by atoms with van der Waals surface area (Å²) in [5, 5.41) is 0. The first kappa shape index (κ1) is 12.8. The van der Waals surface area contributed by atoms with Crippen molar-refractivity contribution in [1.29, 1.82) is 0 Å². The molecule has 98 valence electrons. The molecule has 0 saturated carbocycles. The van der Waals surface area contributed by atoms with Crippen molar-refractivity contribution < 1.29 is 19.0 Å². The number of nitrogens with two attached hydrogens (primary N) is 1. The van der Waals surface area contributed by atoms with Gasteiger partial charge in [0.2, 0.25) is 0 Å². The van der Waals surface area contributed by atoms with Gasteiger partial charge in [-0.05, 0) is 25.7 Å². The Morgan fingerprint density at radius 3 is 2.71 bits per heavy atom. The molecule has 5 heteroatoms. The minimum absolute atomic E-state index is 0.228. The van der Waals surface area contributed by atoms with E-state index in [1.807, 2.05) is 6.92 Å². The van der Waals surface area contributed by atoms with Gasteiger partial charge in [0, 0.05) is 19.3 Å². The summed E-state index contributed by atoms with van der Waals surface area (Å²) in [6, 6.07) is -0.260. The Bertz CT molecular complexity index is 278. The van der Waals surface area contributed by atoms with Crippen LogP contribution in [0.2, 0.25) is 0 Å². The van der Waals surface area contributed by atoms with E-state index in [9.17, 15) is 4.79 Å². The third-order valence-electron chi connectivity index (χ3n) is 3.78. The fraction of sp³-hybridized carbons (Fsp3) is 0.917. The summed E-state index contributed by atoms with van der Waals surface area (Å²) in [5.41, 5.74) is 5.20. The Labute approximate surface area is 102 Å². The van der Waals surface area contributed by atoms with Crippen LogP contribution in [0.25, 0.3) is 0 Å². The SMILES string of the molecule is CC1(C(=O)OCC2CCOCC2)COCC1N. The molecule has 2 N–H and O–H groups in total. The molecule has 2 unspecified atom stereocenters. The van der Waals surface area contributed by atoms with Gasteiger partial charge in [0.05, 0.1) is 19.8 Å². The third-order valence-corrected chi connectivity index (χ3v) is 3.78. The Morgan fingerprint density at radius 1 is 1.41 bits per heavy atom. The van der Waals surface area contributed by atoms with E-state index < -0.39 is 5.41 Å². The summed E-state index contributed by atoms with van der Waals surface area (Å²) < 4.78 is 15.9. The highest BCUT2D eigenvalue weighted by atomic mass is 16.5. The molecule has 2 aliphatic heterocycles. The number of esters is 1. The number of hydrogen-bond acceptors (Lipinski definition) is 5. The maximum absolute atomic E-state index is 12.0. The van der Waals surface area contributed by atoms with E-state index in [2.05, 4.69) is 0 Å². The van der Waals surface area contributed by atoms with Gasteiger partial charge in [-0.3, -0.25) is 4.79 Å². The molecular formula is C12H21NO4. The molecule has 0 aliphatic carbocycles. The van der Waals surface area contributed by atoms with Crippen molar-refractivity contribution in [3.63, 3.8) is 0 Å². The summed E-state index contributed by atoms with van der Waals surface area (Å²) in [5.74, 6) is 0.198. The van der Waals surface area contributed by atoms with Crippen LogP contribution < -0.4 is 5.73 Å². The fourth-order valence-electron chi connectivity index (χ4n) is 2.17. The second-order valence-corrected chi connectivity index (χ2v) is 5.19. The van der Waals surface area contributed by atoms with Crippen LogP contribution in [0, 0.1) is 11.3 Å². The van der Waals surface area contributed by atoms with Gasteiger partial charge in [-0.15, -0.1) is 0 Å². The number of ether oxygens (including phenoxy) is 3. The number of hydrogen-bond donors (Lipinski definition) is 1. The zero-order chi connectivity index (χ0) is 12.3. The average molecular weight is 243 g/mol. The highest BCUT2D eigenvalue weighted by Gasteiger charge is 2.45. The van der Waals surface area contributed by atoms with Crippen molar-refractivity contribution >= 4 is 5.97 Å². The smallest absolute Gasteiger partial charge is 0.315 e. The lowest BCUT2D eigenvalue weighted by Gasteiger charge is -2.27. The van der Waals surface area contributed by atoms with Crippen molar-refractivity contribution in [1.82, 2.24) is 0 Å². The minimum atomic E-state index is -0.675. The molecule has 2 fully saturated rings. The largest absolute Gasteiger partial charge is 0.465 e. The number of carbonyl (C=O) groups is 1. The minimum Gasteiger partial charge on any atom is -0.465 e. The van der Waals surface area contributed by atoms with Gasteiger partial charge >= 0.3 is 5.97 Å².